The van der Waals surface area contributed by atoms with Crippen molar-refractivity contribution in [3.05, 3.63) is 39.9 Å². The summed E-state index contributed by atoms with van der Waals surface area (Å²) in [5.41, 5.74) is 0.978. The molecule has 5 nitrogen and oxygen atoms in total. The van der Waals surface area contributed by atoms with Crippen LogP contribution >= 0.6 is 24.0 Å². The van der Waals surface area contributed by atoms with Gasteiger partial charge in [0.05, 0.1) is 11.0 Å². The van der Waals surface area contributed by atoms with Crippen molar-refractivity contribution in [2.75, 3.05) is 25.6 Å². The maximum atomic E-state index is 10.8. The fourth-order valence-electron chi connectivity index (χ4n) is 1.83. The van der Waals surface area contributed by atoms with Gasteiger partial charge in [-0.05, 0) is 43.1 Å². The van der Waals surface area contributed by atoms with E-state index in [0.29, 0.717) is 5.11 Å². The molecule has 0 amide bonds. The molecule has 0 radical (unpaired) electrons. The van der Waals surface area contributed by atoms with E-state index in [1.807, 2.05) is 36.7 Å². The lowest BCUT2D eigenvalue weighted by molar-refractivity contribution is -0.384. The van der Waals surface area contributed by atoms with Crippen LogP contribution in [0.25, 0.3) is 0 Å². The van der Waals surface area contributed by atoms with Crippen molar-refractivity contribution < 1.29 is 4.92 Å². The number of hydrogen-bond donors (Lipinski definition) is 1. The average molecular weight is 327 g/mol. The summed E-state index contributed by atoms with van der Waals surface area (Å²) in [5, 5.41) is 14.7. The third-order valence-corrected chi connectivity index (χ3v) is 4.40. The van der Waals surface area contributed by atoms with Crippen molar-refractivity contribution in [1.29, 1.82) is 0 Å². The summed E-state index contributed by atoms with van der Waals surface area (Å²) in [4.78, 5) is 12.4. The molecule has 1 N–H and O–H groups in total. The van der Waals surface area contributed by atoms with E-state index in [4.69, 9.17) is 12.2 Å². The predicted octanol–water partition coefficient (Wildman–Crippen LogP) is 3.22. The molecule has 1 aromatic carbocycles. The van der Waals surface area contributed by atoms with E-state index in [1.165, 1.54) is 6.07 Å². The molecular weight excluding hydrogens is 306 g/mol. The number of benzene rings is 1. The Kier molecular flexibility index (Phi) is 7.45. The third-order valence-electron chi connectivity index (χ3n) is 3.27. The van der Waals surface area contributed by atoms with Gasteiger partial charge in [-0.2, -0.15) is 11.8 Å². The first kappa shape index (κ1) is 17.7. The molecule has 0 aliphatic carbocycles. The molecule has 1 atom stereocenters. The number of nitrogens with zero attached hydrogens (tertiary/aromatic N) is 2. The van der Waals surface area contributed by atoms with Gasteiger partial charge in [0.25, 0.3) is 5.69 Å². The summed E-state index contributed by atoms with van der Waals surface area (Å²) in [6, 6.07) is 6.65. The second-order valence-electron chi connectivity index (χ2n) is 4.72. The number of non-ortho nitro benzene ring substituents is 1. The summed E-state index contributed by atoms with van der Waals surface area (Å²) in [6.45, 7) is 2.82. The van der Waals surface area contributed by atoms with Gasteiger partial charge in [-0.25, -0.2) is 0 Å². The lowest BCUT2D eigenvalue weighted by atomic mass is 10.1. The topological polar surface area (TPSA) is 58.4 Å². The Bertz CT molecular complexity index is 497. The molecular formula is C14H21N3O2S2. The zero-order valence-corrected chi connectivity index (χ0v) is 14.2. The summed E-state index contributed by atoms with van der Waals surface area (Å²) in [5.74, 6) is 1.10. The van der Waals surface area contributed by atoms with Crippen LogP contribution in [0, 0.1) is 10.1 Å². The molecule has 0 saturated carbocycles. The SMILES string of the molecule is CSCCCNC(=S)N(C)[C@H](C)c1cccc([N+](=O)[O-])c1. The fraction of sp³-hybridized carbons (Fsp3) is 0.500. The van der Waals surface area contributed by atoms with Gasteiger partial charge < -0.3 is 10.2 Å². The summed E-state index contributed by atoms with van der Waals surface area (Å²) in [7, 11) is 1.90. The lowest BCUT2D eigenvalue weighted by Gasteiger charge is -2.28. The summed E-state index contributed by atoms with van der Waals surface area (Å²) >= 11 is 7.17. The Morgan fingerprint density at radius 1 is 1.57 bits per heavy atom. The van der Waals surface area contributed by atoms with Gasteiger partial charge in [0.1, 0.15) is 0 Å². The minimum atomic E-state index is -0.380. The molecule has 0 aliphatic rings. The number of nitro benzene ring substituents is 1. The Hall–Kier alpha value is -1.34. The molecule has 0 bridgehead atoms. The minimum Gasteiger partial charge on any atom is -0.363 e. The monoisotopic (exact) mass is 327 g/mol. The third kappa shape index (κ3) is 5.51. The number of rotatable bonds is 7. The summed E-state index contributed by atoms with van der Waals surface area (Å²) in [6.07, 6.45) is 3.13. The van der Waals surface area contributed by atoms with Gasteiger partial charge in [0.2, 0.25) is 0 Å². The molecule has 0 aliphatic heterocycles. The maximum Gasteiger partial charge on any atom is 0.269 e. The smallest absolute Gasteiger partial charge is 0.269 e. The van der Waals surface area contributed by atoms with E-state index >= 15 is 0 Å². The van der Waals surface area contributed by atoms with Crippen LogP contribution in [0.3, 0.4) is 0 Å². The van der Waals surface area contributed by atoms with Crippen LogP contribution in [-0.2, 0) is 0 Å². The van der Waals surface area contributed by atoms with Gasteiger partial charge in [0.15, 0.2) is 5.11 Å². The van der Waals surface area contributed by atoms with Crippen LogP contribution in [-0.4, -0.2) is 40.5 Å². The number of thiocarbonyl (C=S) groups is 1. The van der Waals surface area contributed by atoms with Crippen LogP contribution in [0.5, 0.6) is 0 Å². The van der Waals surface area contributed by atoms with Gasteiger partial charge in [-0.15, -0.1) is 0 Å². The van der Waals surface area contributed by atoms with Crippen LogP contribution < -0.4 is 5.32 Å². The van der Waals surface area contributed by atoms with Crippen LogP contribution in [0.15, 0.2) is 24.3 Å². The first-order valence-electron chi connectivity index (χ1n) is 6.71. The standard InChI is InChI=1S/C14H21N3O2S2/c1-11(12-6-4-7-13(10-12)17(18)19)16(2)14(20)15-8-5-9-21-3/h4,6-7,10-11H,5,8-9H2,1-3H3,(H,15,20)/t11-/m1/s1. The fourth-order valence-corrected chi connectivity index (χ4v) is 2.53. The largest absolute Gasteiger partial charge is 0.363 e. The zero-order chi connectivity index (χ0) is 15.8. The average Bonchev–Trinajstić information content (AvgIpc) is 2.50. The van der Waals surface area contributed by atoms with Gasteiger partial charge >= 0.3 is 0 Å². The van der Waals surface area contributed by atoms with Crippen molar-refractivity contribution >= 4 is 34.8 Å². The van der Waals surface area contributed by atoms with Crippen LogP contribution in [0.1, 0.15) is 24.9 Å². The summed E-state index contributed by atoms with van der Waals surface area (Å²) < 4.78 is 0. The normalized spacial score (nSPS) is 11.8. The number of hydrogen-bond acceptors (Lipinski definition) is 4. The molecule has 0 aromatic heterocycles. The molecule has 21 heavy (non-hydrogen) atoms. The van der Waals surface area contributed by atoms with Crippen molar-refractivity contribution in [2.24, 2.45) is 0 Å². The molecule has 0 saturated heterocycles. The highest BCUT2D eigenvalue weighted by molar-refractivity contribution is 7.98. The van der Waals surface area contributed by atoms with Gasteiger partial charge in [-0.1, -0.05) is 12.1 Å². The van der Waals surface area contributed by atoms with Crippen molar-refractivity contribution in [1.82, 2.24) is 10.2 Å². The van der Waals surface area contributed by atoms with E-state index in [-0.39, 0.29) is 16.7 Å². The molecule has 0 spiro atoms. The number of nitro groups is 1. The highest BCUT2D eigenvalue weighted by Crippen LogP contribution is 2.22. The second-order valence-corrected chi connectivity index (χ2v) is 6.09. The van der Waals surface area contributed by atoms with Crippen LogP contribution in [0.2, 0.25) is 0 Å². The Morgan fingerprint density at radius 3 is 2.90 bits per heavy atom. The van der Waals surface area contributed by atoms with Crippen molar-refractivity contribution in [2.45, 2.75) is 19.4 Å². The highest BCUT2D eigenvalue weighted by atomic mass is 32.2. The van der Waals surface area contributed by atoms with E-state index < -0.39 is 0 Å². The van der Waals surface area contributed by atoms with Crippen molar-refractivity contribution in [3.63, 3.8) is 0 Å². The second kappa shape index (κ2) is 8.84. The molecule has 0 heterocycles. The molecule has 1 rings (SSSR count). The Morgan fingerprint density at radius 2 is 2.29 bits per heavy atom. The first-order valence-corrected chi connectivity index (χ1v) is 8.51. The molecule has 0 unspecified atom stereocenters. The molecule has 116 valence electrons. The van der Waals surface area contributed by atoms with E-state index in [2.05, 4.69) is 11.6 Å². The lowest BCUT2D eigenvalue weighted by Crippen LogP contribution is -2.39. The Balaban J connectivity index is 2.64. The molecule has 0 fully saturated rings. The Labute approximate surface area is 135 Å². The zero-order valence-electron chi connectivity index (χ0n) is 12.5. The van der Waals surface area contributed by atoms with E-state index in [0.717, 1.165) is 24.3 Å². The maximum absolute atomic E-state index is 10.8. The quantitative estimate of drug-likeness (QED) is 0.359. The van der Waals surface area contributed by atoms with Crippen LogP contribution in [0.4, 0.5) is 5.69 Å². The number of nitrogens with one attached hydrogen (secondary N) is 1. The minimum absolute atomic E-state index is 0.0227. The van der Waals surface area contributed by atoms with E-state index in [9.17, 15) is 10.1 Å². The van der Waals surface area contributed by atoms with Gasteiger partial charge in [0, 0.05) is 25.7 Å². The number of thioether (sulfide) groups is 1. The highest BCUT2D eigenvalue weighted by Gasteiger charge is 2.16. The van der Waals surface area contributed by atoms with E-state index in [1.54, 1.807) is 12.1 Å². The molecule has 7 heteroatoms. The van der Waals surface area contributed by atoms with Crippen molar-refractivity contribution in [3.8, 4) is 0 Å². The van der Waals surface area contributed by atoms with Gasteiger partial charge in [-0.3, -0.25) is 10.1 Å². The predicted molar refractivity (Wildman–Crippen MR) is 92.9 cm³/mol. The molecule has 1 aromatic rings. The first-order chi connectivity index (χ1) is 9.97.